The summed E-state index contributed by atoms with van der Waals surface area (Å²) < 4.78 is 0. The van der Waals surface area contributed by atoms with Crippen molar-refractivity contribution in [2.75, 3.05) is 10.6 Å². The fourth-order valence-electron chi connectivity index (χ4n) is 4.92. The van der Waals surface area contributed by atoms with Crippen molar-refractivity contribution in [3.63, 3.8) is 0 Å². The number of fused-ring (bicyclic) bond motifs is 1. The Morgan fingerprint density at radius 2 is 1.75 bits per heavy atom. The molecule has 5 N–H and O–H groups in total. The van der Waals surface area contributed by atoms with Gasteiger partial charge in [-0.2, -0.15) is 0 Å². The van der Waals surface area contributed by atoms with Crippen LogP contribution in [0.15, 0.2) is 18.2 Å². The minimum absolute atomic E-state index is 0.0284. The van der Waals surface area contributed by atoms with Gasteiger partial charge < -0.3 is 21.7 Å². The molecule has 0 radical (unpaired) electrons. The number of carbonyl (C=O) groups is 2. The molecule has 6 heteroatoms. The fourth-order valence-corrected chi connectivity index (χ4v) is 4.92. The van der Waals surface area contributed by atoms with Gasteiger partial charge in [0, 0.05) is 30.1 Å². The van der Waals surface area contributed by atoms with Crippen molar-refractivity contribution >= 4 is 23.2 Å². The zero-order chi connectivity index (χ0) is 19.5. The molecule has 1 aromatic rings. The van der Waals surface area contributed by atoms with Gasteiger partial charge in [0.25, 0.3) is 5.91 Å². The number of hydrogen-bond donors (Lipinski definition) is 4. The normalized spacial score (nSPS) is 28.5. The minimum Gasteiger partial charge on any atom is -0.380 e. The molecule has 2 fully saturated rings. The van der Waals surface area contributed by atoms with Gasteiger partial charge in [-0.05, 0) is 62.6 Å². The van der Waals surface area contributed by atoms with Crippen LogP contribution in [0.4, 0.5) is 11.4 Å². The Labute approximate surface area is 167 Å². The number of carbonyl (C=O) groups excluding carboxylic acids is 2. The van der Waals surface area contributed by atoms with Crippen LogP contribution in [0.2, 0.25) is 0 Å². The maximum atomic E-state index is 12.7. The molecule has 0 saturated heterocycles. The monoisotopic (exact) mass is 384 g/mol. The van der Waals surface area contributed by atoms with Crippen LogP contribution < -0.4 is 21.7 Å². The summed E-state index contributed by atoms with van der Waals surface area (Å²) in [7, 11) is 0. The van der Waals surface area contributed by atoms with Crippen molar-refractivity contribution in [3.8, 4) is 0 Å². The molecule has 1 aliphatic heterocycles. The van der Waals surface area contributed by atoms with Crippen LogP contribution in [0.3, 0.4) is 0 Å². The van der Waals surface area contributed by atoms with Crippen LogP contribution in [0, 0.1) is 5.92 Å². The Balaban J connectivity index is 1.45. The Hall–Kier alpha value is -2.08. The molecule has 1 atom stereocenters. The van der Waals surface area contributed by atoms with E-state index in [0.29, 0.717) is 23.6 Å². The molecule has 0 bridgehead atoms. The Bertz CT molecular complexity index is 721. The molecule has 6 nitrogen and oxygen atoms in total. The lowest BCUT2D eigenvalue weighted by Gasteiger charge is -2.30. The zero-order valence-corrected chi connectivity index (χ0v) is 16.5. The number of rotatable bonds is 3. The summed E-state index contributed by atoms with van der Waals surface area (Å²) in [6.45, 7) is 0. The van der Waals surface area contributed by atoms with E-state index >= 15 is 0 Å². The molecule has 1 aromatic carbocycles. The van der Waals surface area contributed by atoms with Crippen LogP contribution >= 0.6 is 0 Å². The lowest BCUT2D eigenvalue weighted by atomic mass is 9.82. The smallest absolute Gasteiger partial charge is 0.251 e. The summed E-state index contributed by atoms with van der Waals surface area (Å²) in [5, 5.41) is 9.70. The SMILES string of the molecule is NC1CCC(NC(=O)c2ccc3c(c2)NC(=O)CC(C2CCCCC2)N3)CC1. The third kappa shape index (κ3) is 4.49. The van der Waals surface area contributed by atoms with Gasteiger partial charge in [-0.25, -0.2) is 0 Å². The first-order valence-corrected chi connectivity index (χ1v) is 10.9. The fraction of sp³-hybridized carbons (Fsp3) is 0.636. The minimum atomic E-state index is -0.0782. The van der Waals surface area contributed by atoms with E-state index in [9.17, 15) is 9.59 Å². The van der Waals surface area contributed by atoms with Crippen molar-refractivity contribution in [1.82, 2.24) is 5.32 Å². The number of benzene rings is 1. The van der Waals surface area contributed by atoms with Gasteiger partial charge in [0.1, 0.15) is 0 Å². The van der Waals surface area contributed by atoms with Crippen LogP contribution in [-0.2, 0) is 4.79 Å². The van der Waals surface area contributed by atoms with E-state index in [-0.39, 0.29) is 29.9 Å². The molecular weight excluding hydrogens is 352 g/mol. The zero-order valence-electron chi connectivity index (χ0n) is 16.5. The molecule has 28 heavy (non-hydrogen) atoms. The molecule has 2 amide bonds. The molecule has 0 aromatic heterocycles. The predicted molar refractivity (Wildman–Crippen MR) is 111 cm³/mol. The molecule has 2 saturated carbocycles. The quantitative estimate of drug-likeness (QED) is 0.642. The average Bonchev–Trinajstić information content (AvgIpc) is 2.87. The first kappa shape index (κ1) is 19.2. The summed E-state index contributed by atoms with van der Waals surface area (Å²) in [6, 6.07) is 6.21. The second-order valence-electron chi connectivity index (χ2n) is 8.75. The molecule has 0 spiro atoms. The van der Waals surface area contributed by atoms with Crippen molar-refractivity contribution in [2.45, 2.75) is 82.3 Å². The second-order valence-corrected chi connectivity index (χ2v) is 8.75. The largest absolute Gasteiger partial charge is 0.380 e. The molecule has 1 unspecified atom stereocenters. The average molecular weight is 385 g/mol. The van der Waals surface area contributed by atoms with E-state index in [4.69, 9.17) is 5.73 Å². The first-order chi connectivity index (χ1) is 13.6. The van der Waals surface area contributed by atoms with Crippen molar-refractivity contribution in [2.24, 2.45) is 11.7 Å². The second kappa shape index (κ2) is 8.52. The van der Waals surface area contributed by atoms with Crippen LogP contribution in [0.5, 0.6) is 0 Å². The molecule has 3 aliphatic rings. The maximum absolute atomic E-state index is 12.7. The van der Waals surface area contributed by atoms with E-state index in [0.717, 1.165) is 31.4 Å². The van der Waals surface area contributed by atoms with Crippen LogP contribution in [0.1, 0.15) is 74.6 Å². The predicted octanol–water partition coefficient (Wildman–Crippen LogP) is 3.39. The van der Waals surface area contributed by atoms with Gasteiger partial charge in [0.15, 0.2) is 0 Å². The molecule has 1 heterocycles. The highest BCUT2D eigenvalue weighted by Crippen LogP contribution is 2.34. The Morgan fingerprint density at radius 3 is 2.50 bits per heavy atom. The van der Waals surface area contributed by atoms with Crippen molar-refractivity contribution < 1.29 is 9.59 Å². The number of amides is 2. The first-order valence-electron chi connectivity index (χ1n) is 10.9. The summed E-state index contributed by atoms with van der Waals surface area (Å²) in [5.74, 6) is 0.498. The highest BCUT2D eigenvalue weighted by atomic mass is 16.2. The Kier molecular flexibility index (Phi) is 5.85. The topological polar surface area (TPSA) is 96.2 Å². The lowest BCUT2D eigenvalue weighted by Crippen LogP contribution is -2.40. The molecule has 4 rings (SSSR count). The number of nitrogens with one attached hydrogen (secondary N) is 3. The summed E-state index contributed by atoms with van der Waals surface area (Å²) in [5.41, 5.74) is 8.17. The van der Waals surface area contributed by atoms with E-state index < -0.39 is 0 Å². The third-order valence-corrected chi connectivity index (χ3v) is 6.63. The number of anilines is 2. The van der Waals surface area contributed by atoms with E-state index in [2.05, 4.69) is 16.0 Å². The maximum Gasteiger partial charge on any atom is 0.251 e. The van der Waals surface area contributed by atoms with Gasteiger partial charge in [-0.1, -0.05) is 19.3 Å². The summed E-state index contributed by atoms with van der Waals surface area (Å²) in [6.07, 6.45) is 10.4. The van der Waals surface area contributed by atoms with Gasteiger partial charge in [-0.15, -0.1) is 0 Å². The number of hydrogen-bond acceptors (Lipinski definition) is 4. The van der Waals surface area contributed by atoms with Crippen LogP contribution in [0.25, 0.3) is 0 Å². The Morgan fingerprint density at radius 1 is 1.00 bits per heavy atom. The van der Waals surface area contributed by atoms with E-state index in [1.165, 1.54) is 32.1 Å². The van der Waals surface area contributed by atoms with Crippen molar-refractivity contribution in [1.29, 1.82) is 0 Å². The summed E-state index contributed by atoms with van der Waals surface area (Å²) in [4.78, 5) is 25.1. The molecular formula is C22H32N4O2. The number of nitrogens with two attached hydrogens (primary N) is 1. The van der Waals surface area contributed by atoms with Crippen molar-refractivity contribution in [3.05, 3.63) is 23.8 Å². The van der Waals surface area contributed by atoms with Gasteiger partial charge in [0.05, 0.1) is 11.4 Å². The third-order valence-electron chi connectivity index (χ3n) is 6.63. The standard InChI is InChI=1S/C22H32N4O2/c23-16-7-9-17(10-8-16)24-22(28)15-6-11-18-20(12-15)26-21(27)13-19(25-18)14-4-2-1-3-5-14/h6,11-12,14,16-17,19,25H,1-5,7-10,13,23H2,(H,24,28)(H,26,27). The van der Waals surface area contributed by atoms with E-state index in [1.54, 1.807) is 6.07 Å². The highest BCUT2D eigenvalue weighted by molar-refractivity contribution is 6.01. The lowest BCUT2D eigenvalue weighted by molar-refractivity contribution is -0.116. The van der Waals surface area contributed by atoms with Crippen LogP contribution in [-0.4, -0.2) is 29.9 Å². The van der Waals surface area contributed by atoms with Gasteiger partial charge >= 0.3 is 0 Å². The van der Waals surface area contributed by atoms with Gasteiger partial charge in [0.2, 0.25) is 5.91 Å². The molecule has 2 aliphatic carbocycles. The highest BCUT2D eigenvalue weighted by Gasteiger charge is 2.29. The molecule has 152 valence electrons. The van der Waals surface area contributed by atoms with Gasteiger partial charge in [-0.3, -0.25) is 9.59 Å². The summed E-state index contributed by atoms with van der Waals surface area (Å²) >= 11 is 0. The van der Waals surface area contributed by atoms with E-state index in [1.807, 2.05) is 12.1 Å².